The maximum Gasteiger partial charge on any atom is 0.320 e. The predicted octanol–water partition coefficient (Wildman–Crippen LogP) is 0.636. The van der Waals surface area contributed by atoms with Crippen molar-refractivity contribution in [3.63, 3.8) is 0 Å². The van der Waals surface area contributed by atoms with E-state index in [9.17, 15) is 9.59 Å². The Balaban J connectivity index is 2.53. The summed E-state index contributed by atoms with van der Waals surface area (Å²) in [5.41, 5.74) is 6.95. The fourth-order valence-corrected chi connectivity index (χ4v) is 1.98. The summed E-state index contributed by atoms with van der Waals surface area (Å²) in [7, 11) is 0. The third kappa shape index (κ3) is 5.71. The van der Waals surface area contributed by atoms with Crippen LogP contribution < -0.4 is 16.0 Å². The number of rotatable bonds is 9. The number of anilines is 2. The Hall–Kier alpha value is -2.12. The van der Waals surface area contributed by atoms with Gasteiger partial charge in [-0.3, -0.25) is 9.59 Å². The van der Waals surface area contributed by atoms with Crippen molar-refractivity contribution in [2.75, 3.05) is 29.9 Å². The van der Waals surface area contributed by atoms with Crippen LogP contribution in [0.4, 0.5) is 11.4 Å². The first-order valence-electron chi connectivity index (χ1n) is 7.22. The quantitative estimate of drug-likeness (QED) is 0.532. The molecule has 5 N–H and O–H groups in total. The van der Waals surface area contributed by atoms with E-state index in [-0.39, 0.29) is 25.4 Å². The number of carbonyl (C=O) groups is 2. The number of likely N-dealkylation sites (N-methyl/N-ethyl adjacent to an activating group) is 1. The first kappa shape index (κ1) is 17.9. The number of nitrogens with two attached hydrogens (primary N) is 1. The van der Waals surface area contributed by atoms with E-state index in [2.05, 4.69) is 5.32 Å². The van der Waals surface area contributed by atoms with Gasteiger partial charge < -0.3 is 26.2 Å². The van der Waals surface area contributed by atoms with Gasteiger partial charge in [0.15, 0.2) is 0 Å². The molecule has 1 atom stereocenters. The molecule has 122 valence electrons. The topological polar surface area (TPSA) is 116 Å². The first-order valence-corrected chi connectivity index (χ1v) is 7.22. The summed E-state index contributed by atoms with van der Waals surface area (Å²) in [4.78, 5) is 24.3. The van der Waals surface area contributed by atoms with Gasteiger partial charge in [0, 0.05) is 30.9 Å². The number of aliphatic hydroxyl groups excluding tert-OH is 1. The molecule has 0 saturated heterocycles. The van der Waals surface area contributed by atoms with Crippen LogP contribution in [-0.2, 0) is 9.59 Å². The van der Waals surface area contributed by atoms with Gasteiger partial charge in [0.05, 0.1) is 6.61 Å². The minimum Gasteiger partial charge on any atom is -0.480 e. The van der Waals surface area contributed by atoms with Crippen molar-refractivity contribution in [2.24, 2.45) is 5.73 Å². The van der Waals surface area contributed by atoms with Gasteiger partial charge in [0.1, 0.15) is 6.04 Å². The Bertz CT molecular complexity index is 490. The van der Waals surface area contributed by atoms with Gasteiger partial charge in [-0.1, -0.05) is 0 Å². The molecule has 1 aromatic carbocycles. The lowest BCUT2D eigenvalue weighted by atomic mass is 10.1. The molecule has 0 spiro atoms. The highest BCUT2D eigenvalue weighted by atomic mass is 16.4. The number of carbonyl (C=O) groups excluding carboxylic acids is 1. The van der Waals surface area contributed by atoms with Gasteiger partial charge in [0.25, 0.3) is 0 Å². The molecular weight excluding hydrogens is 286 g/mol. The van der Waals surface area contributed by atoms with Crippen LogP contribution in [0.5, 0.6) is 0 Å². The van der Waals surface area contributed by atoms with Crippen molar-refractivity contribution in [3.05, 3.63) is 24.3 Å². The van der Waals surface area contributed by atoms with Crippen molar-refractivity contribution in [3.8, 4) is 0 Å². The summed E-state index contributed by atoms with van der Waals surface area (Å²) in [5, 5.41) is 20.3. The second-order valence-electron chi connectivity index (χ2n) is 4.88. The number of aliphatic carboxylic acids is 1. The molecule has 0 fully saturated rings. The monoisotopic (exact) mass is 309 g/mol. The zero-order valence-corrected chi connectivity index (χ0v) is 12.7. The minimum atomic E-state index is -1.11. The number of nitrogens with zero attached hydrogens (tertiary/aromatic N) is 1. The molecule has 1 aromatic rings. The highest BCUT2D eigenvalue weighted by molar-refractivity contribution is 5.91. The number of aliphatic hydroxyl groups is 1. The van der Waals surface area contributed by atoms with Crippen molar-refractivity contribution in [2.45, 2.75) is 25.8 Å². The SMILES string of the molecule is CCN(CCO)c1ccc(NC(=O)CCC(N)C(=O)O)cc1. The molecule has 0 saturated carbocycles. The predicted molar refractivity (Wildman–Crippen MR) is 84.9 cm³/mol. The second-order valence-corrected chi connectivity index (χ2v) is 4.88. The Morgan fingerprint density at radius 1 is 1.32 bits per heavy atom. The van der Waals surface area contributed by atoms with Crippen LogP contribution in [0.2, 0.25) is 0 Å². The van der Waals surface area contributed by atoms with Crippen LogP contribution in [0.25, 0.3) is 0 Å². The Labute approximate surface area is 129 Å². The Morgan fingerprint density at radius 2 is 1.95 bits per heavy atom. The average Bonchev–Trinajstić information content (AvgIpc) is 2.51. The van der Waals surface area contributed by atoms with E-state index in [1.807, 2.05) is 24.0 Å². The van der Waals surface area contributed by atoms with E-state index < -0.39 is 12.0 Å². The second kappa shape index (κ2) is 9.01. The van der Waals surface area contributed by atoms with E-state index in [0.717, 1.165) is 12.2 Å². The molecule has 1 rings (SSSR count). The van der Waals surface area contributed by atoms with Gasteiger partial charge >= 0.3 is 5.97 Å². The third-order valence-corrected chi connectivity index (χ3v) is 3.27. The highest BCUT2D eigenvalue weighted by Crippen LogP contribution is 2.18. The number of carboxylic acid groups (broad SMARTS) is 1. The van der Waals surface area contributed by atoms with Crippen molar-refractivity contribution >= 4 is 23.3 Å². The average molecular weight is 309 g/mol. The number of carboxylic acids is 1. The van der Waals surface area contributed by atoms with Crippen molar-refractivity contribution < 1.29 is 19.8 Å². The van der Waals surface area contributed by atoms with Gasteiger partial charge in [-0.15, -0.1) is 0 Å². The van der Waals surface area contributed by atoms with Crippen LogP contribution in [0, 0.1) is 0 Å². The Kier molecular flexibility index (Phi) is 7.34. The number of hydrogen-bond donors (Lipinski definition) is 4. The number of nitrogens with one attached hydrogen (secondary N) is 1. The van der Waals surface area contributed by atoms with E-state index >= 15 is 0 Å². The van der Waals surface area contributed by atoms with E-state index in [1.165, 1.54) is 0 Å². The molecule has 0 aliphatic rings. The number of benzene rings is 1. The fraction of sp³-hybridized carbons (Fsp3) is 0.467. The van der Waals surface area contributed by atoms with E-state index in [4.69, 9.17) is 15.9 Å². The van der Waals surface area contributed by atoms with Crippen LogP contribution in [0.3, 0.4) is 0 Å². The van der Waals surface area contributed by atoms with Crippen molar-refractivity contribution in [1.82, 2.24) is 0 Å². The largest absolute Gasteiger partial charge is 0.480 e. The van der Waals surface area contributed by atoms with Crippen LogP contribution in [0.1, 0.15) is 19.8 Å². The molecule has 22 heavy (non-hydrogen) atoms. The lowest BCUT2D eigenvalue weighted by Gasteiger charge is -2.22. The number of amides is 1. The summed E-state index contributed by atoms with van der Waals surface area (Å²) in [5.74, 6) is -1.38. The standard InChI is InChI=1S/C15H23N3O4/c1-2-18(9-10-19)12-5-3-11(4-6-12)17-14(20)8-7-13(16)15(21)22/h3-6,13,19H,2,7-10,16H2,1H3,(H,17,20)(H,21,22). The first-order chi connectivity index (χ1) is 10.5. The van der Waals surface area contributed by atoms with Crippen LogP contribution in [0.15, 0.2) is 24.3 Å². The molecule has 0 aromatic heterocycles. The summed E-state index contributed by atoms with van der Waals surface area (Å²) in [6.07, 6.45) is 0.153. The maximum absolute atomic E-state index is 11.7. The maximum atomic E-state index is 11.7. The van der Waals surface area contributed by atoms with Gasteiger partial charge in [0.2, 0.25) is 5.91 Å². The minimum absolute atomic E-state index is 0.0564. The Morgan fingerprint density at radius 3 is 2.45 bits per heavy atom. The summed E-state index contributed by atoms with van der Waals surface area (Å²) < 4.78 is 0. The van der Waals surface area contributed by atoms with E-state index in [1.54, 1.807) is 12.1 Å². The van der Waals surface area contributed by atoms with Crippen molar-refractivity contribution in [1.29, 1.82) is 0 Å². The highest BCUT2D eigenvalue weighted by Gasteiger charge is 2.13. The zero-order valence-electron chi connectivity index (χ0n) is 12.7. The fourth-order valence-electron chi connectivity index (χ4n) is 1.98. The zero-order chi connectivity index (χ0) is 16.5. The lowest BCUT2D eigenvalue weighted by Crippen LogP contribution is -2.31. The molecular formula is C15H23N3O4. The summed E-state index contributed by atoms with van der Waals surface area (Å²) >= 11 is 0. The van der Waals surface area contributed by atoms with E-state index in [0.29, 0.717) is 12.2 Å². The number of hydrogen-bond acceptors (Lipinski definition) is 5. The molecule has 7 heteroatoms. The van der Waals surface area contributed by atoms with Crippen LogP contribution >= 0.6 is 0 Å². The summed E-state index contributed by atoms with van der Waals surface area (Å²) in [6, 6.07) is 6.23. The molecule has 0 heterocycles. The van der Waals surface area contributed by atoms with Gasteiger partial charge in [-0.25, -0.2) is 0 Å². The molecule has 7 nitrogen and oxygen atoms in total. The molecule has 1 amide bonds. The van der Waals surface area contributed by atoms with Gasteiger partial charge in [-0.2, -0.15) is 0 Å². The van der Waals surface area contributed by atoms with Crippen LogP contribution in [-0.4, -0.2) is 47.8 Å². The lowest BCUT2D eigenvalue weighted by molar-refractivity contribution is -0.138. The molecule has 1 unspecified atom stereocenters. The summed E-state index contributed by atoms with van der Waals surface area (Å²) in [6.45, 7) is 3.40. The molecule has 0 bridgehead atoms. The molecule has 0 radical (unpaired) electrons. The molecule has 0 aliphatic carbocycles. The van der Waals surface area contributed by atoms with Gasteiger partial charge in [-0.05, 0) is 37.6 Å². The molecule has 0 aliphatic heterocycles. The normalized spacial score (nSPS) is 11.8. The smallest absolute Gasteiger partial charge is 0.320 e. The third-order valence-electron chi connectivity index (χ3n) is 3.27.